The van der Waals surface area contributed by atoms with E-state index in [9.17, 15) is 15.0 Å². The number of benzene rings is 1. The van der Waals surface area contributed by atoms with Crippen LogP contribution in [0.4, 0.5) is 5.82 Å². The van der Waals surface area contributed by atoms with Gasteiger partial charge in [0.05, 0.1) is 17.7 Å². The highest BCUT2D eigenvalue weighted by molar-refractivity contribution is 6.03. The maximum Gasteiger partial charge on any atom is 0.336 e. The van der Waals surface area contributed by atoms with Gasteiger partial charge in [0.1, 0.15) is 5.82 Å². The number of carboxylic acid groups (broad SMARTS) is 1. The van der Waals surface area contributed by atoms with Crippen molar-refractivity contribution in [1.29, 1.82) is 0 Å². The largest absolute Gasteiger partial charge is 0.478 e. The van der Waals surface area contributed by atoms with Crippen LogP contribution in [0, 0.1) is 11.3 Å². The molecule has 1 aromatic heterocycles. The number of aliphatic hydroxyl groups excluding tert-OH is 1. The number of hydrogen-bond donors (Lipinski definition) is 3. The minimum Gasteiger partial charge on any atom is -0.478 e. The molecule has 120 valence electrons. The number of aromatic carboxylic acids is 1. The Kier molecular flexibility index (Phi) is 3.25. The summed E-state index contributed by atoms with van der Waals surface area (Å²) >= 11 is 0. The fourth-order valence-electron chi connectivity index (χ4n) is 3.92. The van der Waals surface area contributed by atoms with Crippen LogP contribution in [0.25, 0.3) is 10.9 Å². The van der Waals surface area contributed by atoms with Gasteiger partial charge in [-0.3, -0.25) is 0 Å². The van der Waals surface area contributed by atoms with Crippen LogP contribution in [0.2, 0.25) is 0 Å². The summed E-state index contributed by atoms with van der Waals surface area (Å²) in [6, 6.07) is 8.97. The molecule has 2 unspecified atom stereocenters. The topological polar surface area (TPSA) is 85.7 Å². The number of rotatable bonds is 3. The van der Waals surface area contributed by atoms with Crippen molar-refractivity contribution < 1.29 is 15.0 Å². The molecule has 2 saturated heterocycles. The highest BCUT2D eigenvalue weighted by Crippen LogP contribution is 2.40. The van der Waals surface area contributed by atoms with Crippen LogP contribution < -0.4 is 10.2 Å². The molecule has 2 aliphatic heterocycles. The minimum absolute atomic E-state index is 0.139. The van der Waals surface area contributed by atoms with Crippen LogP contribution in [0.15, 0.2) is 30.3 Å². The lowest BCUT2D eigenvalue weighted by Gasteiger charge is -2.25. The number of pyridine rings is 1. The number of carbonyl (C=O) groups is 1. The van der Waals surface area contributed by atoms with E-state index in [1.54, 1.807) is 12.1 Å². The van der Waals surface area contributed by atoms with Gasteiger partial charge in [-0.15, -0.1) is 0 Å². The maximum atomic E-state index is 11.6. The lowest BCUT2D eigenvalue weighted by atomic mass is 9.82. The van der Waals surface area contributed by atoms with Gasteiger partial charge in [-0.1, -0.05) is 18.2 Å². The van der Waals surface area contributed by atoms with Crippen LogP contribution in [0.3, 0.4) is 0 Å². The average molecular weight is 313 g/mol. The smallest absolute Gasteiger partial charge is 0.336 e. The van der Waals surface area contributed by atoms with Crippen molar-refractivity contribution in [3.8, 4) is 0 Å². The van der Waals surface area contributed by atoms with Gasteiger partial charge in [0.2, 0.25) is 0 Å². The van der Waals surface area contributed by atoms with Gasteiger partial charge in [0.25, 0.3) is 0 Å². The first-order chi connectivity index (χ1) is 11.1. The first kappa shape index (κ1) is 14.4. The minimum atomic E-state index is -0.942. The highest BCUT2D eigenvalue weighted by atomic mass is 16.4. The van der Waals surface area contributed by atoms with Gasteiger partial charge in [0.15, 0.2) is 0 Å². The van der Waals surface area contributed by atoms with E-state index < -0.39 is 5.97 Å². The molecule has 0 radical (unpaired) electrons. The van der Waals surface area contributed by atoms with Gasteiger partial charge in [-0.05, 0) is 18.1 Å². The van der Waals surface area contributed by atoms with Crippen LogP contribution >= 0.6 is 0 Å². The number of anilines is 1. The number of carboxylic acids is 1. The van der Waals surface area contributed by atoms with Crippen molar-refractivity contribution >= 4 is 22.7 Å². The van der Waals surface area contributed by atoms with Gasteiger partial charge in [-0.25, -0.2) is 9.78 Å². The molecule has 2 fully saturated rings. The zero-order valence-electron chi connectivity index (χ0n) is 12.7. The molecule has 1 aromatic carbocycles. The second-order valence-corrected chi connectivity index (χ2v) is 6.58. The van der Waals surface area contributed by atoms with Crippen LogP contribution in [0.1, 0.15) is 10.4 Å². The third-order valence-corrected chi connectivity index (χ3v) is 5.25. The Morgan fingerprint density at radius 2 is 2.26 bits per heavy atom. The highest BCUT2D eigenvalue weighted by Gasteiger charge is 2.49. The SMILES string of the molecule is O=C(O)c1cc(N2CC3CNCC3(CO)C2)nc2ccccc12. The normalized spacial score (nSPS) is 26.7. The fourth-order valence-corrected chi connectivity index (χ4v) is 3.92. The Bertz CT molecular complexity index is 779. The van der Waals surface area contributed by atoms with Crippen LogP contribution in [-0.2, 0) is 0 Å². The van der Waals surface area contributed by atoms with E-state index >= 15 is 0 Å². The van der Waals surface area contributed by atoms with Gasteiger partial charge in [0, 0.05) is 37.0 Å². The summed E-state index contributed by atoms with van der Waals surface area (Å²) in [4.78, 5) is 18.4. The molecule has 6 nitrogen and oxygen atoms in total. The first-order valence-electron chi connectivity index (χ1n) is 7.82. The second kappa shape index (κ2) is 5.18. The lowest BCUT2D eigenvalue weighted by molar-refractivity contribution is 0.0699. The van der Waals surface area contributed by atoms with Crippen LogP contribution in [0.5, 0.6) is 0 Å². The summed E-state index contributed by atoms with van der Waals surface area (Å²) in [5.74, 6) is 0.111. The average Bonchev–Trinajstić information content (AvgIpc) is 3.11. The van der Waals surface area contributed by atoms with Crippen molar-refractivity contribution in [3.63, 3.8) is 0 Å². The Morgan fingerprint density at radius 1 is 1.43 bits per heavy atom. The molecule has 2 atom stereocenters. The number of nitrogens with zero attached hydrogens (tertiary/aromatic N) is 2. The molecule has 0 spiro atoms. The van der Waals surface area contributed by atoms with Crippen molar-refractivity contribution in [3.05, 3.63) is 35.9 Å². The number of hydrogen-bond acceptors (Lipinski definition) is 5. The van der Waals surface area contributed by atoms with Gasteiger partial charge < -0.3 is 20.4 Å². The lowest BCUT2D eigenvalue weighted by Crippen LogP contribution is -2.36. The van der Waals surface area contributed by atoms with Crippen molar-refractivity contribution in [1.82, 2.24) is 10.3 Å². The Balaban J connectivity index is 1.77. The van der Waals surface area contributed by atoms with Crippen molar-refractivity contribution in [2.45, 2.75) is 0 Å². The van der Waals surface area contributed by atoms with Gasteiger partial charge in [-0.2, -0.15) is 0 Å². The number of nitrogens with one attached hydrogen (secondary N) is 1. The van der Waals surface area contributed by atoms with Gasteiger partial charge >= 0.3 is 5.97 Å². The van der Waals surface area contributed by atoms with E-state index in [2.05, 4.69) is 15.2 Å². The summed E-state index contributed by atoms with van der Waals surface area (Å²) in [6.07, 6.45) is 0. The molecule has 3 heterocycles. The first-order valence-corrected chi connectivity index (χ1v) is 7.82. The molecule has 0 aliphatic carbocycles. The molecule has 0 amide bonds. The predicted molar refractivity (Wildman–Crippen MR) is 86.8 cm³/mol. The molecule has 6 heteroatoms. The Morgan fingerprint density at radius 3 is 3.00 bits per heavy atom. The summed E-state index contributed by atoms with van der Waals surface area (Å²) in [5.41, 5.74) is 0.825. The number of aliphatic hydroxyl groups is 1. The Hall–Kier alpha value is -2.18. The molecule has 2 aliphatic rings. The Labute approximate surface area is 133 Å². The molecular formula is C17H19N3O3. The zero-order valence-corrected chi connectivity index (χ0v) is 12.7. The van der Waals surface area contributed by atoms with E-state index in [1.807, 2.05) is 18.2 Å². The zero-order chi connectivity index (χ0) is 16.0. The quantitative estimate of drug-likeness (QED) is 0.782. The number of para-hydroxylation sites is 1. The standard InChI is InChI=1S/C17H19N3O3/c21-10-17-8-18-6-11(17)7-20(9-17)15-5-13(16(22)23)12-3-1-2-4-14(12)19-15/h1-5,11,18,21H,6-10H2,(H,22,23). The van der Waals surface area contributed by atoms with E-state index in [4.69, 9.17) is 0 Å². The van der Waals surface area contributed by atoms with E-state index in [0.717, 1.165) is 19.6 Å². The van der Waals surface area contributed by atoms with E-state index in [0.29, 0.717) is 29.2 Å². The van der Waals surface area contributed by atoms with Crippen molar-refractivity contribution in [2.24, 2.45) is 11.3 Å². The van der Waals surface area contributed by atoms with Crippen molar-refractivity contribution in [2.75, 3.05) is 37.7 Å². The molecular weight excluding hydrogens is 294 g/mol. The number of aromatic nitrogens is 1. The second-order valence-electron chi connectivity index (χ2n) is 6.58. The van der Waals surface area contributed by atoms with Crippen LogP contribution in [-0.4, -0.2) is 54.0 Å². The maximum absolute atomic E-state index is 11.6. The molecule has 3 N–H and O–H groups in total. The number of fused-ring (bicyclic) bond motifs is 2. The summed E-state index contributed by atoms with van der Waals surface area (Å²) in [6.45, 7) is 3.31. The fraction of sp³-hybridized carbons (Fsp3) is 0.412. The molecule has 4 rings (SSSR count). The summed E-state index contributed by atoms with van der Waals surface area (Å²) in [7, 11) is 0. The van der Waals surface area contributed by atoms with E-state index in [-0.39, 0.29) is 17.6 Å². The van der Waals surface area contributed by atoms with E-state index in [1.165, 1.54) is 0 Å². The molecule has 0 saturated carbocycles. The molecule has 0 bridgehead atoms. The molecule has 23 heavy (non-hydrogen) atoms. The summed E-state index contributed by atoms with van der Waals surface area (Å²) in [5, 5.41) is 23.3. The summed E-state index contributed by atoms with van der Waals surface area (Å²) < 4.78 is 0. The third-order valence-electron chi connectivity index (χ3n) is 5.25. The predicted octanol–water partition coefficient (Wildman–Crippen LogP) is 0.951. The molecule has 2 aromatic rings. The monoisotopic (exact) mass is 313 g/mol. The third kappa shape index (κ3) is 2.17.